The summed E-state index contributed by atoms with van der Waals surface area (Å²) in [5.41, 5.74) is 7.88. The molecule has 0 amide bonds. The van der Waals surface area contributed by atoms with Crippen LogP contribution in [0.4, 0.5) is 11.4 Å². The van der Waals surface area contributed by atoms with Gasteiger partial charge in [0, 0.05) is 5.69 Å². The number of benzene rings is 2. The maximum atomic E-state index is 12.5. The maximum absolute atomic E-state index is 12.5. The second kappa shape index (κ2) is 5.46. The summed E-state index contributed by atoms with van der Waals surface area (Å²) in [6.07, 6.45) is 0. The van der Waals surface area contributed by atoms with Crippen molar-refractivity contribution in [1.82, 2.24) is 0 Å². The second-order valence-corrected chi connectivity index (χ2v) is 6.44. The zero-order valence-electron chi connectivity index (χ0n) is 11.7. The summed E-state index contributed by atoms with van der Waals surface area (Å²) in [6.45, 7) is 3.55. The first-order chi connectivity index (χ1) is 9.83. The topological polar surface area (TPSA) is 96.0 Å². The molecule has 0 unspecified atom stereocenters. The Balaban J connectivity index is 2.48. The smallest absolute Gasteiger partial charge is 0.262 e. The number of nitrogen functional groups attached to an aromatic ring is 1. The first kappa shape index (κ1) is 14.9. The summed E-state index contributed by atoms with van der Waals surface area (Å²) >= 11 is 0. The Morgan fingerprint density at radius 2 is 1.86 bits per heavy atom. The van der Waals surface area contributed by atoms with E-state index in [-0.39, 0.29) is 16.1 Å². The van der Waals surface area contributed by atoms with E-state index in [4.69, 9.17) is 11.0 Å². The van der Waals surface area contributed by atoms with Gasteiger partial charge in [0.2, 0.25) is 0 Å². The summed E-state index contributed by atoms with van der Waals surface area (Å²) in [7, 11) is -3.75. The lowest BCUT2D eigenvalue weighted by Gasteiger charge is -2.12. The fourth-order valence-electron chi connectivity index (χ4n) is 1.94. The van der Waals surface area contributed by atoms with Crippen molar-refractivity contribution in [3.63, 3.8) is 0 Å². The Bertz CT molecular complexity index is 836. The van der Waals surface area contributed by atoms with Crippen molar-refractivity contribution >= 4 is 21.4 Å². The predicted octanol–water partition coefficient (Wildman–Crippen LogP) is 2.56. The van der Waals surface area contributed by atoms with Gasteiger partial charge in [0.25, 0.3) is 10.0 Å². The molecule has 0 saturated carbocycles. The number of nitrogens with zero attached hydrogens (tertiary/aromatic N) is 1. The zero-order chi connectivity index (χ0) is 15.6. The van der Waals surface area contributed by atoms with Crippen molar-refractivity contribution in [2.75, 3.05) is 10.5 Å². The fourth-order valence-corrected chi connectivity index (χ4v) is 3.35. The molecule has 3 N–H and O–H groups in total. The van der Waals surface area contributed by atoms with E-state index >= 15 is 0 Å². The summed E-state index contributed by atoms with van der Waals surface area (Å²) in [4.78, 5) is 0.197. The van der Waals surface area contributed by atoms with Crippen molar-refractivity contribution in [2.24, 2.45) is 0 Å². The van der Waals surface area contributed by atoms with Gasteiger partial charge in [-0.05, 0) is 49.2 Å². The lowest BCUT2D eigenvalue weighted by molar-refractivity contribution is 0.600. The highest BCUT2D eigenvalue weighted by molar-refractivity contribution is 7.92. The van der Waals surface area contributed by atoms with E-state index in [0.717, 1.165) is 5.56 Å². The van der Waals surface area contributed by atoms with Crippen LogP contribution < -0.4 is 10.5 Å². The van der Waals surface area contributed by atoms with Crippen molar-refractivity contribution < 1.29 is 8.42 Å². The normalized spacial score (nSPS) is 10.9. The quantitative estimate of drug-likeness (QED) is 0.851. The summed E-state index contributed by atoms with van der Waals surface area (Å²) < 4.78 is 27.4. The summed E-state index contributed by atoms with van der Waals surface area (Å²) in [5.74, 6) is 0. The number of nitrogens with two attached hydrogens (primary N) is 1. The third kappa shape index (κ3) is 3.15. The monoisotopic (exact) mass is 301 g/mol. The molecule has 0 fully saturated rings. The molecule has 2 rings (SSSR count). The van der Waals surface area contributed by atoms with E-state index < -0.39 is 10.0 Å². The Hall–Kier alpha value is -2.52. The lowest BCUT2D eigenvalue weighted by Crippen LogP contribution is -2.15. The van der Waals surface area contributed by atoms with Gasteiger partial charge in [0.15, 0.2) is 0 Å². The summed E-state index contributed by atoms with van der Waals surface area (Å²) in [6, 6.07) is 11.6. The highest BCUT2D eigenvalue weighted by atomic mass is 32.2. The van der Waals surface area contributed by atoms with Crippen LogP contribution >= 0.6 is 0 Å². The number of aryl methyl sites for hydroxylation is 2. The van der Waals surface area contributed by atoms with Gasteiger partial charge in [-0.15, -0.1) is 0 Å². The molecule has 6 heteroatoms. The molecule has 0 atom stereocenters. The Morgan fingerprint density at radius 3 is 2.52 bits per heavy atom. The van der Waals surface area contributed by atoms with Crippen LogP contribution in [0.25, 0.3) is 0 Å². The molecule has 0 spiro atoms. The molecule has 0 aliphatic heterocycles. The van der Waals surface area contributed by atoms with Gasteiger partial charge in [-0.1, -0.05) is 12.1 Å². The SMILES string of the molecule is Cc1ccc(C)c(S(=O)(=O)Nc2ccc(N)cc2C#N)c1. The van der Waals surface area contributed by atoms with Gasteiger partial charge in [-0.3, -0.25) is 4.72 Å². The third-order valence-corrected chi connectivity index (χ3v) is 4.55. The van der Waals surface area contributed by atoms with Gasteiger partial charge >= 0.3 is 0 Å². The number of hydrogen-bond donors (Lipinski definition) is 2. The van der Waals surface area contributed by atoms with Crippen LogP contribution in [0, 0.1) is 25.2 Å². The molecule has 0 saturated heterocycles. The average Bonchev–Trinajstić information content (AvgIpc) is 2.43. The number of hydrogen-bond acceptors (Lipinski definition) is 4. The Kier molecular flexibility index (Phi) is 3.87. The van der Waals surface area contributed by atoms with Crippen molar-refractivity contribution in [1.29, 1.82) is 5.26 Å². The number of nitriles is 1. The van der Waals surface area contributed by atoms with Gasteiger partial charge < -0.3 is 5.73 Å². The van der Waals surface area contributed by atoms with Crippen LogP contribution in [0.2, 0.25) is 0 Å². The standard InChI is InChI=1S/C15H15N3O2S/c1-10-3-4-11(2)15(7-10)21(19,20)18-14-6-5-13(17)8-12(14)9-16/h3-8,18H,17H2,1-2H3. The molecule has 0 heterocycles. The first-order valence-corrected chi connectivity index (χ1v) is 7.71. The molecule has 5 nitrogen and oxygen atoms in total. The van der Waals surface area contributed by atoms with Gasteiger partial charge in [-0.2, -0.15) is 5.26 Å². The maximum Gasteiger partial charge on any atom is 0.262 e. The molecule has 2 aromatic rings. The summed E-state index contributed by atoms with van der Waals surface area (Å²) in [5, 5.41) is 9.07. The van der Waals surface area contributed by atoms with E-state index in [2.05, 4.69) is 4.72 Å². The minimum absolute atomic E-state index is 0.184. The van der Waals surface area contributed by atoms with Crippen molar-refractivity contribution in [3.05, 3.63) is 53.1 Å². The molecule has 21 heavy (non-hydrogen) atoms. The highest BCUT2D eigenvalue weighted by Crippen LogP contribution is 2.24. The molecule has 0 aliphatic carbocycles. The van der Waals surface area contributed by atoms with Crippen LogP contribution in [0.15, 0.2) is 41.3 Å². The molecule has 0 aliphatic rings. The van der Waals surface area contributed by atoms with E-state index in [1.807, 2.05) is 19.1 Å². The minimum atomic E-state index is -3.75. The van der Waals surface area contributed by atoms with Gasteiger partial charge in [0.05, 0.1) is 16.1 Å². The molecule has 108 valence electrons. The average molecular weight is 301 g/mol. The Morgan fingerprint density at radius 1 is 1.14 bits per heavy atom. The third-order valence-electron chi connectivity index (χ3n) is 3.04. The van der Waals surface area contributed by atoms with E-state index in [1.165, 1.54) is 12.1 Å². The lowest BCUT2D eigenvalue weighted by atomic mass is 10.2. The van der Waals surface area contributed by atoms with Gasteiger partial charge in [0.1, 0.15) is 6.07 Å². The number of anilines is 2. The van der Waals surface area contributed by atoms with E-state index in [1.54, 1.807) is 25.1 Å². The van der Waals surface area contributed by atoms with Crippen LogP contribution in [-0.2, 0) is 10.0 Å². The first-order valence-electron chi connectivity index (χ1n) is 6.23. The van der Waals surface area contributed by atoms with Crippen LogP contribution in [-0.4, -0.2) is 8.42 Å². The molecule has 0 radical (unpaired) electrons. The predicted molar refractivity (Wildman–Crippen MR) is 82.3 cm³/mol. The Labute approximate surface area is 124 Å². The largest absolute Gasteiger partial charge is 0.399 e. The molecular weight excluding hydrogens is 286 g/mol. The molecule has 2 aromatic carbocycles. The molecule has 0 aromatic heterocycles. The van der Waals surface area contributed by atoms with Crippen LogP contribution in [0.1, 0.15) is 16.7 Å². The molecular formula is C15H15N3O2S. The van der Waals surface area contributed by atoms with Crippen molar-refractivity contribution in [3.8, 4) is 6.07 Å². The number of nitrogens with one attached hydrogen (secondary N) is 1. The number of sulfonamides is 1. The number of rotatable bonds is 3. The zero-order valence-corrected chi connectivity index (χ0v) is 12.5. The highest BCUT2D eigenvalue weighted by Gasteiger charge is 2.18. The van der Waals surface area contributed by atoms with E-state index in [9.17, 15) is 8.42 Å². The second-order valence-electron chi connectivity index (χ2n) is 4.79. The van der Waals surface area contributed by atoms with Gasteiger partial charge in [-0.25, -0.2) is 8.42 Å². The van der Waals surface area contributed by atoms with Crippen LogP contribution in [0.5, 0.6) is 0 Å². The fraction of sp³-hybridized carbons (Fsp3) is 0.133. The van der Waals surface area contributed by atoms with Crippen molar-refractivity contribution in [2.45, 2.75) is 18.7 Å². The molecule has 0 bridgehead atoms. The minimum Gasteiger partial charge on any atom is -0.399 e. The van der Waals surface area contributed by atoms with E-state index in [0.29, 0.717) is 11.3 Å². The van der Waals surface area contributed by atoms with Crippen LogP contribution in [0.3, 0.4) is 0 Å².